The summed E-state index contributed by atoms with van der Waals surface area (Å²) in [7, 11) is 0. The van der Waals surface area contributed by atoms with Gasteiger partial charge in [-0.3, -0.25) is 0 Å². The molecule has 1 aliphatic carbocycles. The van der Waals surface area contributed by atoms with E-state index in [4.69, 9.17) is 10.5 Å². The number of nitrogens with one attached hydrogen (secondary N) is 1. The number of alkyl halides is 3. The van der Waals surface area contributed by atoms with E-state index in [0.29, 0.717) is 17.4 Å². The Kier molecular flexibility index (Phi) is 6.10. The van der Waals surface area contributed by atoms with E-state index in [2.05, 4.69) is 24.8 Å². The zero-order valence-electron chi connectivity index (χ0n) is 18.7. The van der Waals surface area contributed by atoms with Gasteiger partial charge < -0.3 is 25.5 Å². The lowest BCUT2D eigenvalue weighted by Gasteiger charge is -2.15. The minimum atomic E-state index is -4.28. The largest absolute Gasteiger partial charge is 0.508 e. The molecular weight excluding hydrogens is 461 g/mol. The van der Waals surface area contributed by atoms with Crippen LogP contribution in [-0.4, -0.2) is 43.5 Å². The number of hydrogen-bond acceptors (Lipinski definition) is 7. The quantitative estimate of drug-likeness (QED) is 0.373. The van der Waals surface area contributed by atoms with Crippen LogP contribution in [-0.2, 0) is 4.74 Å². The molecule has 4 heterocycles. The Morgan fingerprint density at radius 2 is 1.97 bits per heavy atom. The molecule has 4 N–H and O–H groups in total. The molecule has 6 rings (SSSR count). The number of benzene rings is 1. The molecule has 0 bridgehead atoms. The molecular formula is C24H25F3N6O2. The van der Waals surface area contributed by atoms with Gasteiger partial charge in [0.25, 0.3) is 0 Å². The van der Waals surface area contributed by atoms with Crippen LogP contribution in [0.15, 0.2) is 48.9 Å². The fourth-order valence-corrected chi connectivity index (χ4v) is 4.76. The topological polar surface area (TPSA) is 111 Å². The van der Waals surface area contributed by atoms with E-state index in [0.717, 1.165) is 28.8 Å². The first-order valence-electron chi connectivity index (χ1n) is 11.4. The Morgan fingerprint density at radius 1 is 1.14 bits per heavy atom. The van der Waals surface area contributed by atoms with Crippen molar-refractivity contribution >= 4 is 33.6 Å². The molecule has 184 valence electrons. The number of aromatic hydroxyl groups is 1. The summed E-state index contributed by atoms with van der Waals surface area (Å²) in [6.07, 6.45) is 4.73. The third-order valence-electron chi connectivity index (χ3n) is 6.42. The van der Waals surface area contributed by atoms with E-state index in [1.807, 2.05) is 12.3 Å². The monoisotopic (exact) mass is 486 g/mol. The van der Waals surface area contributed by atoms with Gasteiger partial charge in [-0.1, -0.05) is 6.42 Å². The average molecular weight is 486 g/mol. The molecule has 3 aromatic heterocycles. The number of hydrogen-bond donors (Lipinski definition) is 3. The van der Waals surface area contributed by atoms with Gasteiger partial charge in [0.05, 0.1) is 17.0 Å². The van der Waals surface area contributed by atoms with Gasteiger partial charge in [-0.05, 0) is 55.5 Å². The highest BCUT2D eigenvalue weighted by Gasteiger charge is 2.39. The number of phenols is 1. The minimum absolute atomic E-state index is 0.0259. The Labute approximate surface area is 199 Å². The van der Waals surface area contributed by atoms with Crippen molar-refractivity contribution in [1.29, 1.82) is 0 Å². The number of aromatic nitrogens is 4. The zero-order chi connectivity index (χ0) is 24.6. The van der Waals surface area contributed by atoms with Gasteiger partial charge in [0, 0.05) is 17.6 Å². The molecule has 4 aromatic rings. The molecule has 2 fully saturated rings. The van der Waals surface area contributed by atoms with Crippen molar-refractivity contribution in [2.75, 3.05) is 17.6 Å². The third kappa shape index (κ3) is 5.09. The molecule has 0 amide bonds. The second kappa shape index (κ2) is 9.21. The smallest absolute Gasteiger partial charge is 0.405 e. The van der Waals surface area contributed by atoms with Crippen molar-refractivity contribution in [2.24, 2.45) is 5.92 Å². The predicted molar refractivity (Wildman–Crippen MR) is 126 cm³/mol. The van der Waals surface area contributed by atoms with E-state index in [-0.39, 0.29) is 17.8 Å². The maximum atomic E-state index is 12.0. The molecule has 2 aliphatic rings. The lowest BCUT2D eigenvalue weighted by molar-refractivity contribution is -0.115. The molecule has 0 spiro atoms. The van der Waals surface area contributed by atoms with Gasteiger partial charge in [0.15, 0.2) is 0 Å². The van der Waals surface area contributed by atoms with Crippen molar-refractivity contribution < 1.29 is 23.0 Å². The highest BCUT2D eigenvalue weighted by molar-refractivity contribution is 5.86. The van der Waals surface area contributed by atoms with Crippen LogP contribution in [0.1, 0.15) is 31.9 Å². The number of halogens is 3. The van der Waals surface area contributed by atoms with Gasteiger partial charge in [0.2, 0.25) is 0 Å². The van der Waals surface area contributed by atoms with Crippen LogP contribution in [0.4, 0.5) is 24.8 Å². The number of rotatable bonds is 3. The highest BCUT2D eigenvalue weighted by Crippen LogP contribution is 2.43. The molecule has 1 aliphatic heterocycles. The summed E-state index contributed by atoms with van der Waals surface area (Å²) in [6, 6.07) is 9.61. The van der Waals surface area contributed by atoms with Crippen LogP contribution in [0, 0.1) is 5.92 Å². The van der Waals surface area contributed by atoms with Crippen LogP contribution < -0.4 is 11.1 Å². The lowest BCUT2D eigenvalue weighted by atomic mass is 10.0. The number of fused-ring (bicyclic) bond motifs is 3. The van der Waals surface area contributed by atoms with Crippen LogP contribution in [0.3, 0.4) is 0 Å². The maximum absolute atomic E-state index is 12.0. The molecule has 8 nitrogen and oxygen atoms in total. The average Bonchev–Trinajstić information content (AvgIpc) is 3.52. The van der Waals surface area contributed by atoms with Crippen molar-refractivity contribution in [2.45, 2.75) is 44.2 Å². The number of ether oxygens (including phenoxy) is 1. The van der Waals surface area contributed by atoms with Gasteiger partial charge in [0.1, 0.15) is 42.1 Å². The van der Waals surface area contributed by atoms with Gasteiger partial charge in [-0.25, -0.2) is 15.0 Å². The van der Waals surface area contributed by atoms with Crippen LogP contribution >= 0.6 is 0 Å². The molecule has 35 heavy (non-hydrogen) atoms. The Bertz CT molecular complexity index is 1330. The Hall–Kier alpha value is -3.60. The van der Waals surface area contributed by atoms with E-state index < -0.39 is 12.7 Å². The van der Waals surface area contributed by atoms with Crippen molar-refractivity contribution in [3.8, 4) is 5.75 Å². The van der Waals surface area contributed by atoms with E-state index >= 15 is 0 Å². The predicted octanol–water partition coefficient (Wildman–Crippen LogP) is 5.02. The number of phenolic OH excluding ortho intramolecular Hbond substituents is 1. The van der Waals surface area contributed by atoms with Gasteiger partial charge in [-0.15, -0.1) is 0 Å². The summed E-state index contributed by atoms with van der Waals surface area (Å²) in [5.74, 6) is 1.42. The number of nitrogens with zero attached hydrogens (tertiary/aromatic N) is 4. The second-order valence-electron chi connectivity index (χ2n) is 8.82. The Morgan fingerprint density at radius 3 is 2.77 bits per heavy atom. The van der Waals surface area contributed by atoms with Crippen molar-refractivity contribution in [3.63, 3.8) is 0 Å². The second-order valence-corrected chi connectivity index (χ2v) is 8.82. The van der Waals surface area contributed by atoms with Gasteiger partial charge in [-0.2, -0.15) is 13.2 Å². The third-order valence-corrected chi connectivity index (χ3v) is 6.42. The summed E-state index contributed by atoms with van der Waals surface area (Å²) >= 11 is 0. The molecule has 1 aromatic carbocycles. The molecule has 11 heteroatoms. The molecule has 1 saturated heterocycles. The summed E-state index contributed by atoms with van der Waals surface area (Å²) < 4.78 is 44.2. The first kappa shape index (κ1) is 23.2. The fourth-order valence-electron chi connectivity index (χ4n) is 4.76. The standard InChI is InChI=1S/C13H16N4O.C11H9F3N2O/c14-12-9-4-5-17(13(9)16-7-15-12)11-6-8-2-1-3-10(8)18-11;12-11(13,14)6-15-10-4-2-7-1-3-8(17)5-9(7)16-10/h4-5,7-8,10-11H,1-3,6H2,(H2,14,15,16);1-5,17H,6H2,(H,15,16). The van der Waals surface area contributed by atoms with E-state index in [9.17, 15) is 18.3 Å². The van der Waals surface area contributed by atoms with Crippen molar-refractivity contribution in [3.05, 3.63) is 48.9 Å². The summed E-state index contributed by atoms with van der Waals surface area (Å²) in [6.45, 7) is -1.13. The molecule has 0 radical (unpaired) electrons. The minimum Gasteiger partial charge on any atom is -0.508 e. The maximum Gasteiger partial charge on any atom is 0.405 e. The summed E-state index contributed by atoms with van der Waals surface area (Å²) in [5, 5.41) is 13.1. The number of anilines is 2. The first-order valence-corrected chi connectivity index (χ1v) is 11.4. The fraction of sp³-hybridized carbons (Fsp3) is 0.375. The summed E-state index contributed by atoms with van der Waals surface area (Å²) in [5.41, 5.74) is 7.18. The van der Waals surface area contributed by atoms with Crippen molar-refractivity contribution in [1.82, 2.24) is 19.5 Å². The highest BCUT2D eigenvalue weighted by atomic mass is 19.4. The normalized spacial score (nSPS) is 21.6. The van der Waals surface area contributed by atoms with E-state index in [1.165, 1.54) is 43.8 Å². The summed E-state index contributed by atoms with van der Waals surface area (Å²) in [4.78, 5) is 12.3. The first-order chi connectivity index (χ1) is 16.8. The zero-order valence-corrected chi connectivity index (χ0v) is 18.7. The number of nitrogen functional groups attached to an aromatic ring is 1. The number of nitrogens with two attached hydrogens (primary N) is 1. The lowest BCUT2D eigenvalue weighted by Crippen LogP contribution is -2.21. The SMILES string of the molecule is Nc1ncnc2c1ccn2C1CC2CCCC2O1.Oc1ccc2ccc(NCC(F)(F)F)nc2c1. The molecule has 3 unspecified atom stereocenters. The molecule has 1 saturated carbocycles. The molecule has 3 atom stereocenters. The number of pyridine rings is 1. The van der Waals surface area contributed by atoms with Crippen LogP contribution in [0.2, 0.25) is 0 Å². The van der Waals surface area contributed by atoms with Crippen LogP contribution in [0.5, 0.6) is 5.75 Å². The van der Waals surface area contributed by atoms with Crippen LogP contribution in [0.25, 0.3) is 21.9 Å². The van der Waals surface area contributed by atoms with E-state index in [1.54, 1.807) is 12.1 Å². The van der Waals surface area contributed by atoms with Gasteiger partial charge >= 0.3 is 6.18 Å². The Balaban J connectivity index is 0.000000145.